The molecule has 0 bridgehead atoms. The molecule has 5 nitrogen and oxygen atoms in total. The number of benzene rings is 2. The molecule has 0 saturated heterocycles. The number of aromatic amines is 1. The van der Waals surface area contributed by atoms with Crippen LogP contribution in [0.2, 0.25) is 0 Å². The van der Waals surface area contributed by atoms with Gasteiger partial charge in [0.05, 0.1) is 12.6 Å². The van der Waals surface area contributed by atoms with Crippen LogP contribution in [0.1, 0.15) is 10.5 Å². The maximum Gasteiger partial charge on any atom is 0.354 e. The average molecular weight is 347 g/mol. The van der Waals surface area contributed by atoms with Gasteiger partial charge in [0.25, 0.3) is 0 Å². The summed E-state index contributed by atoms with van der Waals surface area (Å²) in [4.78, 5) is 15.0. The fourth-order valence-corrected chi connectivity index (χ4v) is 2.57. The van der Waals surface area contributed by atoms with Gasteiger partial charge in [0, 0.05) is 17.5 Å². The molecule has 0 unspecified atom stereocenters. The second-order valence-corrected chi connectivity index (χ2v) is 5.08. The van der Waals surface area contributed by atoms with Crippen molar-refractivity contribution in [3.05, 3.63) is 54.2 Å². The van der Waals surface area contributed by atoms with E-state index in [1.807, 2.05) is 42.5 Å². The number of rotatable bonds is 5. The second kappa shape index (κ2) is 7.86. The topological polar surface area (TPSA) is 77.3 Å². The largest absolute Gasteiger partial charge is 0.492 e. The van der Waals surface area contributed by atoms with E-state index in [9.17, 15) is 4.79 Å². The van der Waals surface area contributed by atoms with Gasteiger partial charge in [-0.3, -0.25) is 0 Å². The molecule has 126 valence electrons. The number of nitrogens with one attached hydrogen (secondary N) is 1. The second-order valence-electron chi connectivity index (χ2n) is 5.08. The van der Waals surface area contributed by atoms with Gasteiger partial charge in [0.1, 0.15) is 18.1 Å². The van der Waals surface area contributed by atoms with Crippen LogP contribution in [0.25, 0.3) is 22.0 Å². The van der Waals surface area contributed by atoms with E-state index in [1.54, 1.807) is 6.07 Å². The first-order valence-electron chi connectivity index (χ1n) is 7.37. The monoisotopic (exact) mass is 346 g/mol. The molecular formula is C18H19ClN2O3. The minimum atomic E-state index is -0.412. The number of H-pyrrole nitrogens is 1. The van der Waals surface area contributed by atoms with Crippen molar-refractivity contribution >= 4 is 29.3 Å². The van der Waals surface area contributed by atoms with Gasteiger partial charge in [-0.1, -0.05) is 30.3 Å². The summed E-state index contributed by atoms with van der Waals surface area (Å²) in [5, 5.41) is 0.834. The number of esters is 1. The number of hydrogen-bond acceptors (Lipinski definition) is 4. The predicted molar refractivity (Wildman–Crippen MR) is 96.9 cm³/mol. The van der Waals surface area contributed by atoms with Crippen LogP contribution in [0.15, 0.2) is 48.5 Å². The molecule has 0 atom stereocenters. The Morgan fingerprint density at radius 1 is 1.17 bits per heavy atom. The third-order valence-corrected chi connectivity index (χ3v) is 3.62. The summed E-state index contributed by atoms with van der Waals surface area (Å²) >= 11 is 0. The Morgan fingerprint density at radius 3 is 2.58 bits per heavy atom. The zero-order valence-corrected chi connectivity index (χ0v) is 14.1. The number of methoxy groups -OCH3 is 1. The third-order valence-electron chi connectivity index (χ3n) is 3.62. The van der Waals surface area contributed by atoms with E-state index in [1.165, 1.54) is 7.11 Å². The zero-order chi connectivity index (χ0) is 16.2. The number of halogens is 1. The summed E-state index contributed by atoms with van der Waals surface area (Å²) in [7, 11) is 1.36. The molecule has 0 spiro atoms. The van der Waals surface area contributed by atoms with Crippen molar-refractivity contribution in [1.82, 2.24) is 4.98 Å². The first-order valence-corrected chi connectivity index (χ1v) is 7.37. The molecule has 3 N–H and O–H groups in total. The summed E-state index contributed by atoms with van der Waals surface area (Å²) < 4.78 is 10.5. The Kier molecular flexibility index (Phi) is 5.84. The summed E-state index contributed by atoms with van der Waals surface area (Å²) in [5.41, 5.74) is 8.79. The molecule has 1 aromatic heterocycles. The van der Waals surface area contributed by atoms with Crippen LogP contribution in [-0.2, 0) is 4.74 Å². The van der Waals surface area contributed by atoms with Crippen molar-refractivity contribution in [3.8, 4) is 16.9 Å². The van der Waals surface area contributed by atoms with Gasteiger partial charge in [-0.2, -0.15) is 0 Å². The molecule has 0 amide bonds. The van der Waals surface area contributed by atoms with Gasteiger partial charge in [-0.05, 0) is 23.8 Å². The quantitative estimate of drug-likeness (QED) is 0.694. The minimum absolute atomic E-state index is 0. The van der Waals surface area contributed by atoms with Crippen LogP contribution in [0.3, 0.4) is 0 Å². The van der Waals surface area contributed by atoms with E-state index >= 15 is 0 Å². The summed E-state index contributed by atoms with van der Waals surface area (Å²) in [5.74, 6) is 0.279. The van der Waals surface area contributed by atoms with Crippen LogP contribution in [0.5, 0.6) is 5.75 Å². The summed E-state index contributed by atoms with van der Waals surface area (Å²) in [6.07, 6.45) is 0. The van der Waals surface area contributed by atoms with Crippen LogP contribution in [0, 0.1) is 0 Å². The molecule has 0 aliphatic heterocycles. The van der Waals surface area contributed by atoms with E-state index in [4.69, 9.17) is 15.2 Å². The SMILES string of the molecule is COC(=O)c1cc2c(OCCN)ccc(-c3ccccc3)c2[nH]1.Cl. The first kappa shape index (κ1) is 17.8. The molecule has 0 saturated carbocycles. The highest BCUT2D eigenvalue weighted by Gasteiger charge is 2.16. The molecule has 3 aromatic rings. The van der Waals surface area contributed by atoms with Crippen LogP contribution in [-0.4, -0.2) is 31.2 Å². The minimum Gasteiger partial charge on any atom is -0.492 e. The number of fused-ring (bicyclic) bond motifs is 1. The van der Waals surface area contributed by atoms with Crippen molar-refractivity contribution in [3.63, 3.8) is 0 Å². The molecule has 2 aromatic carbocycles. The summed E-state index contributed by atoms with van der Waals surface area (Å²) in [6, 6.07) is 15.6. The Balaban J connectivity index is 0.00000208. The van der Waals surface area contributed by atoms with Crippen LogP contribution >= 0.6 is 12.4 Å². The summed E-state index contributed by atoms with van der Waals surface area (Å²) in [6.45, 7) is 0.842. The van der Waals surface area contributed by atoms with E-state index in [0.717, 1.165) is 22.0 Å². The van der Waals surface area contributed by atoms with Gasteiger partial charge in [0.2, 0.25) is 0 Å². The Labute approximate surface area is 146 Å². The van der Waals surface area contributed by atoms with Crippen LogP contribution < -0.4 is 10.5 Å². The molecule has 24 heavy (non-hydrogen) atoms. The van der Waals surface area contributed by atoms with Crippen molar-refractivity contribution < 1.29 is 14.3 Å². The number of carbonyl (C=O) groups excluding carboxylic acids is 1. The van der Waals surface area contributed by atoms with E-state index < -0.39 is 5.97 Å². The lowest BCUT2D eigenvalue weighted by atomic mass is 10.0. The highest BCUT2D eigenvalue weighted by molar-refractivity contribution is 6.03. The standard InChI is InChI=1S/C18H18N2O3.ClH/c1-22-18(21)15-11-14-16(23-10-9-19)8-7-13(17(14)20-15)12-5-3-2-4-6-12;/h2-8,11,20H,9-10,19H2,1H3;1H. The molecule has 0 aliphatic carbocycles. The van der Waals surface area contributed by atoms with Gasteiger partial charge in [-0.15, -0.1) is 12.4 Å². The fourth-order valence-electron chi connectivity index (χ4n) is 2.57. The first-order chi connectivity index (χ1) is 11.2. The number of nitrogens with two attached hydrogens (primary N) is 1. The molecule has 0 radical (unpaired) electrons. The van der Waals surface area contributed by atoms with Crippen molar-refractivity contribution in [2.45, 2.75) is 0 Å². The normalized spacial score (nSPS) is 10.2. The molecule has 3 rings (SSSR count). The molecule has 6 heteroatoms. The van der Waals surface area contributed by atoms with Gasteiger partial charge in [0.15, 0.2) is 0 Å². The van der Waals surface area contributed by atoms with Crippen molar-refractivity contribution in [1.29, 1.82) is 0 Å². The third kappa shape index (κ3) is 3.37. The number of carbonyl (C=O) groups is 1. The zero-order valence-electron chi connectivity index (χ0n) is 13.2. The lowest BCUT2D eigenvalue weighted by Crippen LogP contribution is -2.10. The molecule has 1 heterocycles. The maximum absolute atomic E-state index is 11.8. The lowest BCUT2D eigenvalue weighted by Gasteiger charge is -2.09. The molecule has 0 fully saturated rings. The highest BCUT2D eigenvalue weighted by Crippen LogP contribution is 2.35. The van der Waals surface area contributed by atoms with Crippen LogP contribution in [0.4, 0.5) is 0 Å². The predicted octanol–water partition coefficient (Wildman–Crippen LogP) is 3.38. The molecule has 0 aliphatic rings. The van der Waals surface area contributed by atoms with E-state index in [2.05, 4.69) is 4.98 Å². The number of ether oxygens (including phenoxy) is 2. The smallest absolute Gasteiger partial charge is 0.354 e. The lowest BCUT2D eigenvalue weighted by molar-refractivity contribution is 0.0595. The number of aromatic nitrogens is 1. The Hall–Kier alpha value is -2.50. The van der Waals surface area contributed by atoms with Gasteiger partial charge >= 0.3 is 5.97 Å². The molecular weight excluding hydrogens is 328 g/mol. The van der Waals surface area contributed by atoms with Gasteiger partial charge < -0.3 is 20.2 Å². The maximum atomic E-state index is 11.8. The fraction of sp³-hybridized carbons (Fsp3) is 0.167. The van der Waals surface area contributed by atoms with E-state index in [0.29, 0.717) is 24.6 Å². The van der Waals surface area contributed by atoms with Crippen molar-refractivity contribution in [2.75, 3.05) is 20.3 Å². The Morgan fingerprint density at radius 2 is 1.92 bits per heavy atom. The van der Waals surface area contributed by atoms with E-state index in [-0.39, 0.29) is 12.4 Å². The Bertz CT molecular complexity index is 831. The number of hydrogen-bond donors (Lipinski definition) is 2. The highest BCUT2D eigenvalue weighted by atomic mass is 35.5. The average Bonchev–Trinajstić information content (AvgIpc) is 3.05. The van der Waals surface area contributed by atoms with Crippen molar-refractivity contribution in [2.24, 2.45) is 5.73 Å². The van der Waals surface area contributed by atoms with Gasteiger partial charge in [-0.25, -0.2) is 4.79 Å².